The van der Waals surface area contributed by atoms with Crippen LogP contribution >= 0.6 is 0 Å². The second kappa shape index (κ2) is 32.1. The molecule has 1 N–H and O–H groups in total. The van der Waals surface area contributed by atoms with Crippen LogP contribution in [0.15, 0.2) is 122 Å². The average Bonchev–Trinajstić information content (AvgIpc) is 3.29. The lowest BCUT2D eigenvalue weighted by atomic mass is 10.1. The third-order valence-corrected chi connectivity index (χ3v) is 8.89. The highest BCUT2D eigenvalue weighted by molar-refractivity contribution is 5.91. The van der Waals surface area contributed by atoms with Crippen molar-refractivity contribution in [1.82, 2.24) is 0 Å². The molecular weight excluding hydrogens is 793 g/mol. The lowest BCUT2D eigenvalue weighted by Crippen LogP contribution is -2.08. The highest BCUT2D eigenvalue weighted by atomic mass is 16.5. The van der Waals surface area contributed by atoms with E-state index in [0.29, 0.717) is 49.1 Å². The van der Waals surface area contributed by atoms with Gasteiger partial charge in [0.1, 0.15) is 23.0 Å². The number of hydrogen-bond acceptors (Lipinski definition) is 11. The van der Waals surface area contributed by atoms with Gasteiger partial charge in [0.05, 0.1) is 37.6 Å². The molecule has 4 rings (SSSR count). The van der Waals surface area contributed by atoms with E-state index in [-0.39, 0.29) is 30.3 Å². The Kier molecular flexibility index (Phi) is 26.7. The fourth-order valence-electron chi connectivity index (χ4n) is 5.42. The van der Waals surface area contributed by atoms with Crippen molar-refractivity contribution in [1.29, 1.82) is 0 Å². The van der Waals surface area contributed by atoms with Crippen LogP contribution in [0, 0.1) is 6.92 Å². The van der Waals surface area contributed by atoms with Gasteiger partial charge in [0.25, 0.3) is 6.47 Å². The van der Waals surface area contributed by atoms with Gasteiger partial charge in [-0.2, -0.15) is 0 Å². The summed E-state index contributed by atoms with van der Waals surface area (Å²) < 4.78 is 32.1. The minimum Gasteiger partial charge on any atom is -0.494 e. The summed E-state index contributed by atoms with van der Waals surface area (Å²) in [6.45, 7) is 12.7. The van der Waals surface area contributed by atoms with Crippen LogP contribution in [0.25, 0.3) is 0 Å². The SMILES string of the molecule is C=CC(=O)OCCCCCCCOc1ccc(C(=O)Oc2ccc(C)cc2)cc1.C=CC(=O)OCCCCCCCOc1ccc(C(=O)Oc2ccc(CC)cc2)cc1.O=CO. The molecule has 332 valence electrons. The standard InChI is InChI=1S/C25H30O5.C24H28O5.CH2O2/c1-3-20-10-14-23(15-11-20)30-25(27)21-12-16-22(17-13-21)28-18-8-6-5-7-9-19-29-24(26)4-2;1-3-23(25)28-18-8-6-4-5-7-17-27-21-15-11-20(12-16-21)24(26)29-22-13-9-19(2)10-14-22;2-1-3/h4,10-17H,2-3,5-9,18-19H2,1H3;3,9-16H,1,4-8,17-18H2,2H3;1H,(H,2,3). The number of benzene rings is 4. The highest BCUT2D eigenvalue weighted by Gasteiger charge is 2.10. The van der Waals surface area contributed by atoms with Crippen molar-refractivity contribution in [2.75, 3.05) is 26.4 Å². The van der Waals surface area contributed by atoms with Gasteiger partial charge in [-0.15, -0.1) is 0 Å². The Labute approximate surface area is 365 Å². The van der Waals surface area contributed by atoms with Gasteiger partial charge in [0, 0.05) is 12.2 Å². The first-order valence-electron chi connectivity index (χ1n) is 20.8. The normalized spacial score (nSPS) is 9.97. The monoisotopic (exact) mass is 852 g/mol. The van der Waals surface area contributed by atoms with Gasteiger partial charge in [-0.25, -0.2) is 19.2 Å². The Morgan fingerprint density at radius 1 is 0.500 bits per heavy atom. The van der Waals surface area contributed by atoms with Crippen LogP contribution in [0.3, 0.4) is 0 Å². The lowest BCUT2D eigenvalue weighted by Gasteiger charge is -2.08. The smallest absolute Gasteiger partial charge is 0.343 e. The quantitative estimate of drug-likeness (QED) is 0.0221. The summed E-state index contributed by atoms with van der Waals surface area (Å²) in [5, 5.41) is 6.89. The molecule has 0 radical (unpaired) electrons. The third kappa shape index (κ3) is 23.2. The number of rotatable bonds is 25. The largest absolute Gasteiger partial charge is 0.494 e. The average molecular weight is 853 g/mol. The Morgan fingerprint density at radius 2 is 0.823 bits per heavy atom. The molecule has 12 nitrogen and oxygen atoms in total. The van der Waals surface area contributed by atoms with Crippen LogP contribution in [-0.2, 0) is 30.3 Å². The fourth-order valence-corrected chi connectivity index (χ4v) is 5.42. The van der Waals surface area contributed by atoms with Crippen LogP contribution < -0.4 is 18.9 Å². The highest BCUT2D eigenvalue weighted by Crippen LogP contribution is 2.19. The van der Waals surface area contributed by atoms with E-state index in [4.69, 9.17) is 38.3 Å². The lowest BCUT2D eigenvalue weighted by molar-refractivity contribution is -0.138. The van der Waals surface area contributed by atoms with Gasteiger partial charge in [0.15, 0.2) is 0 Å². The van der Waals surface area contributed by atoms with Crippen molar-refractivity contribution < 1.29 is 57.5 Å². The van der Waals surface area contributed by atoms with E-state index >= 15 is 0 Å². The first-order chi connectivity index (χ1) is 30.1. The van der Waals surface area contributed by atoms with Crippen molar-refractivity contribution in [3.05, 3.63) is 145 Å². The first-order valence-corrected chi connectivity index (χ1v) is 20.8. The number of esters is 4. The van der Waals surface area contributed by atoms with Crippen molar-refractivity contribution in [2.24, 2.45) is 0 Å². The molecule has 0 aliphatic heterocycles. The Bertz CT molecular complexity index is 1900. The van der Waals surface area contributed by atoms with E-state index in [0.717, 1.165) is 87.7 Å². The van der Waals surface area contributed by atoms with E-state index in [1.165, 1.54) is 17.7 Å². The summed E-state index contributed by atoms with van der Waals surface area (Å²) in [4.78, 5) is 54.6. The molecule has 62 heavy (non-hydrogen) atoms. The molecule has 0 amide bonds. The number of carbonyl (C=O) groups is 5. The molecular formula is C50H60O12. The summed E-state index contributed by atoms with van der Waals surface area (Å²) in [5.41, 5.74) is 3.28. The van der Waals surface area contributed by atoms with Crippen molar-refractivity contribution >= 4 is 30.3 Å². The van der Waals surface area contributed by atoms with E-state index in [2.05, 4.69) is 20.1 Å². The number of ether oxygens (including phenoxy) is 6. The summed E-state index contributed by atoms with van der Waals surface area (Å²) in [6, 6.07) is 28.8. The van der Waals surface area contributed by atoms with E-state index < -0.39 is 0 Å². The molecule has 0 bridgehead atoms. The van der Waals surface area contributed by atoms with Crippen LogP contribution in [0.1, 0.15) is 103 Å². The van der Waals surface area contributed by atoms with Crippen LogP contribution in [-0.4, -0.2) is 61.9 Å². The van der Waals surface area contributed by atoms with Crippen LogP contribution in [0.2, 0.25) is 0 Å². The summed E-state index contributed by atoms with van der Waals surface area (Å²) >= 11 is 0. The number of unbranched alkanes of at least 4 members (excludes halogenated alkanes) is 8. The minimum absolute atomic E-state index is 0.250. The van der Waals surface area contributed by atoms with Gasteiger partial charge in [0.2, 0.25) is 0 Å². The molecule has 0 spiro atoms. The van der Waals surface area contributed by atoms with Gasteiger partial charge >= 0.3 is 23.9 Å². The Balaban J connectivity index is 0.000000401. The number of aryl methyl sites for hydroxylation is 2. The molecule has 12 heteroatoms. The number of hydrogen-bond donors (Lipinski definition) is 1. The van der Waals surface area contributed by atoms with E-state index in [9.17, 15) is 19.2 Å². The van der Waals surface area contributed by atoms with Crippen molar-refractivity contribution in [2.45, 2.75) is 84.5 Å². The predicted molar refractivity (Wildman–Crippen MR) is 238 cm³/mol. The van der Waals surface area contributed by atoms with Crippen molar-refractivity contribution in [3.63, 3.8) is 0 Å². The summed E-state index contributed by atoms with van der Waals surface area (Å²) in [5.74, 6) is 1.02. The number of carboxylic acid groups (broad SMARTS) is 1. The molecule has 0 saturated carbocycles. The second-order valence-electron chi connectivity index (χ2n) is 13.7. The van der Waals surface area contributed by atoms with E-state index in [1.807, 2.05) is 43.3 Å². The van der Waals surface area contributed by atoms with Gasteiger partial charge in [-0.1, -0.05) is 88.4 Å². The zero-order chi connectivity index (χ0) is 45.2. The molecule has 0 heterocycles. The van der Waals surface area contributed by atoms with Crippen molar-refractivity contribution in [3.8, 4) is 23.0 Å². The van der Waals surface area contributed by atoms with Gasteiger partial charge in [-0.05, 0) is 117 Å². The molecule has 0 saturated heterocycles. The second-order valence-corrected chi connectivity index (χ2v) is 13.7. The minimum atomic E-state index is -0.390. The molecule has 0 aromatic heterocycles. The molecule has 0 atom stereocenters. The molecule has 0 fully saturated rings. The predicted octanol–water partition coefficient (Wildman–Crippen LogP) is 10.5. The number of carbonyl (C=O) groups excluding carboxylic acids is 4. The van der Waals surface area contributed by atoms with Crippen LogP contribution in [0.5, 0.6) is 23.0 Å². The molecule has 4 aromatic rings. The van der Waals surface area contributed by atoms with Crippen LogP contribution in [0.4, 0.5) is 0 Å². The Hall–Kier alpha value is -6.69. The van der Waals surface area contributed by atoms with Gasteiger partial charge in [-0.3, -0.25) is 4.79 Å². The van der Waals surface area contributed by atoms with E-state index in [1.54, 1.807) is 60.7 Å². The molecule has 0 unspecified atom stereocenters. The van der Waals surface area contributed by atoms with Gasteiger partial charge < -0.3 is 33.5 Å². The third-order valence-electron chi connectivity index (χ3n) is 8.89. The summed E-state index contributed by atoms with van der Waals surface area (Å²) in [6.07, 6.45) is 13.2. The zero-order valence-electron chi connectivity index (χ0n) is 35.9. The summed E-state index contributed by atoms with van der Waals surface area (Å²) in [7, 11) is 0. The fraction of sp³-hybridized carbons (Fsp3) is 0.340. The maximum atomic E-state index is 12.2. The molecule has 0 aliphatic carbocycles. The maximum Gasteiger partial charge on any atom is 0.343 e. The topological polar surface area (TPSA) is 161 Å². The molecule has 4 aromatic carbocycles. The zero-order valence-corrected chi connectivity index (χ0v) is 35.9. The first kappa shape index (κ1) is 51.5. The Morgan fingerprint density at radius 3 is 1.18 bits per heavy atom. The maximum absolute atomic E-state index is 12.2. The molecule has 0 aliphatic rings.